The number of nitrogens with zero attached hydrogens (tertiary/aromatic N) is 6. The summed E-state index contributed by atoms with van der Waals surface area (Å²) in [6.07, 6.45) is -0.00848. The molecule has 3 amide bonds. The van der Waals surface area contributed by atoms with Gasteiger partial charge < -0.3 is 40.2 Å². The summed E-state index contributed by atoms with van der Waals surface area (Å²) >= 11 is 0. The van der Waals surface area contributed by atoms with Crippen molar-refractivity contribution in [1.29, 1.82) is 0 Å². The maximum atomic E-state index is 14.3. The van der Waals surface area contributed by atoms with Crippen LogP contribution in [0.1, 0.15) is 53.1 Å². The van der Waals surface area contributed by atoms with E-state index in [4.69, 9.17) is 0 Å². The fourth-order valence-corrected chi connectivity index (χ4v) is 8.35. The standard InChI is InChI=1S/C45H55F3N8O5/c1-4-41(58)51-38-13-11-34(45(46,47)48)26-40(38)56-19-14-36(37(28-56)32-8-6-5-7-9-32)43(60)55-20-16-44(61,17-21-55)30-53(3)31-49-39-27-35(12-10-33(39)29-57)50-42(59)15-18-54-24-22-52(2)23-25-54/h4-13,26-27,29,31,36-37,61H,1,14-25,28,30H2,2-3H3,(H,50,59)(H,51,58). The molecule has 2 unspecified atom stereocenters. The van der Waals surface area contributed by atoms with Gasteiger partial charge >= 0.3 is 6.18 Å². The zero-order valence-corrected chi connectivity index (χ0v) is 34.7. The number of aliphatic hydroxyl groups is 1. The van der Waals surface area contributed by atoms with Gasteiger partial charge in [-0.3, -0.25) is 19.2 Å². The summed E-state index contributed by atoms with van der Waals surface area (Å²) in [6.45, 7) is 9.24. The summed E-state index contributed by atoms with van der Waals surface area (Å²) in [5.74, 6) is -1.60. The number of alkyl halides is 3. The van der Waals surface area contributed by atoms with Crippen LogP contribution in [0.4, 0.5) is 35.9 Å². The molecule has 326 valence electrons. The molecule has 3 N–H and O–H groups in total. The molecule has 16 heteroatoms. The Morgan fingerprint density at radius 1 is 0.967 bits per heavy atom. The van der Waals surface area contributed by atoms with Gasteiger partial charge in [-0.2, -0.15) is 13.2 Å². The SMILES string of the molecule is C=CC(=O)Nc1ccc(C(F)(F)F)cc1N1CCC(C(=O)N2CCC(O)(CN(C)C=Nc3cc(NC(=O)CCN4CCN(C)CC4)ccc3C=O)CC2)C(c2ccccc2)C1. The molecule has 0 aromatic heterocycles. The van der Waals surface area contributed by atoms with E-state index in [0.717, 1.165) is 50.0 Å². The number of carbonyl (C=O) groups excluding carboxylic acids is 4. The molecule has 3 saturated heterocycles. The predicted octanol–water partition coefficient (Wildman–Crippen LogP) is 5.47. The second-order valence-corrected chi connectivity index (χ2v) is 16.3. The molecule has 3 aliphatic rings. The number of amides is 3. The van der Waals surface area contributed by atoms with E-state index >= 15 is 0 Å². The maximum Gasteiger partial charge on any atom is 0.416 e. The van der Waals surface area contributed by atoms with Gasteiger partial charge in [0.2, 0.25) is 17.7 Å². The number of likely N-dealkylation sites (N-methyl/N-ethyl adjacent to an activating group) is 2. The van der Waals surface area contributed by atoms with Crippen LogP contribution in [-0.4, -0.2) is 140 Å². The molecular weight excluding hydrogens is 790 g/mol. The topological polar surface area (TPSA) is 141 Å². The Kier molecular flexibility index (Phi) is 14.6. The fraction of sp³-hybridized carbons (Fsp3) is 0.444. The molecule has 0 radical (unpaired) electrons. The van der Waals surface area contributed by atoms with Gasteiger partial charge in [-0.1, -0.05) is 36.9 Å². The molecular formula is C45H55F3N8O5. The molecule has 3 heterocycles. The number of carbonyl (C=O) groups is 4. The number of aliphatic imine (C=N–C) groups is 1. The van der Waals surface area contributed by atoms with Crippen molar-refractivity contribution in [2.45, 2.75) is 43.4 Å². The largest absolute Gasteiger partial charge is 0.416 e. The normalized spacial score (nSPS) is 20.0. The molecule has 13 nitrogen and oxygen atoms in total. The average Bonchev–Trinajstić information content (AvgIpc) is 3.25. The minimum absolute atomic E-state index is 0.0811. The summed E-state index contributed by atoms with van der Waals surface area (Å²) in [5, 5.41) is 17.2. The second kappa shape index (κ2) is 19.9. The van der Waals surface area contributed by atoms with Crippen molar-refractivity contribution in [3.8, 4) is 0 Å². The fourth-order valence-electron chi connectivity index (χ4n) is 8.35. The summed E-state index contributed by atoms with van der Waals surface area (Å²) in [4.78, 5) is 65.5. The van der Waals surface area contributed by atoms with Gasteiger partial charge in [0, 0.05) is 102 Å². The van der Waals surface area contributed by atoms with Crippen molar-refractivity contribution in [2.24, 2.45) is 10.9 Å². The van der Waals surface area contributed by atoms with Gasteiger partial charge in [-0.15, -0.1) is 0 Å². The van der Waals surface area contributed by atoms with Crippen molar-refractivity contribution in [2.75, 3.05) is 95.1 Å². The number of hydrogen-bond donors (Lipinski definition) is 3. The number of piperidine rings is 2. The van der Waals surface area contributed by atoms with E-state index in [9.17, 15) is 37.5 Å². The molecule has 0 spiro atoms. The van der Waals surface area contributed by atoms with Crippen LogP contribution in [0, 0.1) is 5.92 Å². The Morgan fingerprint density at radius 2 is 1.69 bits per heavy atom. The van der Waals surface area contributed by atoms with E-state index in [-0.39, 0.29) is 48.7 Å². The van der Waals surface area contributed by atoms with Gasteiger partial charge in [-0.05, 0) is 74.3 Å². The molecule has 3 aliphatic heterocycles. The van der Waals surface area contributed by atoms with Gasteiger partial charge in [0.15, 0.2) is 6.29 Å². The van der Waals surface area contributed by atoms with Crippen LogP contribution in [0.15, 0.2) is 84.4 Å². The van der Waals surface area contributed by atoms with Gasteiger partial charge in [0.1, 0.15) is 0 Å². The van der Waals surface area contributed by atoms with Crippen LogP contribution in [-0.2, 0) is 20.6 Å². The van der Waals surface area contributed by atoms with Crippen molar-refractivity contribution in [1.82, 2.24) is 19.6 Å². The Balaban J connectivity index is 1.07. The van der Waals surface area contributed by atoms with E-state index in [1.54, 1.807) is 39.9 Å². The number of aldehydes is 1. The number of benzene rings is 3. The zero-order valence-electron chi connectivity index (χ0n) is 34.7. The van der Waals surface area contributed by atoms with Crippen LogP contribution in [0.3, 0.4) is 0 Å². The third-order valence-corrected chi connectivity index (χ3v) is 11.9. The van der Waals surface area contributed by atoms with E-state index in [1.165, 1.54) is 12.4 Å². The lowest BCUT2D eigenvalue weighted by atomic mass is 9.79. The molecule has 0 saturated carbocycles. The third kappa shape index (κ3) is 11.8. The van der Waals surface area contributed by atoms with Crippen molar-refractivity contribution in [3.05, 3.63) is 96.1 Å². The third-order valence-electron chi connectivity index (χ3n) is 11.9. The number of piperazine rings is 1. The lowest BCUT2D eigenvalue weighted by molar-refractivity contribution is -0.141. The van der Waals surface area contributed by atoms with Crippen LogP contribution in [0.5, 0.6) is 0 Å². The summed E-state index contributed by atoms with van der Waals surface area (Å²) in [7, 11) is 3.85. The second-order valence-electron chi connectivity index (χ2n) is 16.3. The number of halogens is 3. The molecule has 3 fully saturated rings. The first kappa shape index (κ1) is 45.0. The average molecular weight is 845 g/mol. The van der Waals surface area contributed by atoms with E-state index in [1.807, 2.05) is 30.3 Å². The van der Waals surface area contributed by atoms with Gasteiger partial charge in [-0.25, -0.2) is 4.99 Å². The predicted molar refractivity (Wildman–Crippen MR) is 230 cm³/mol. The molecule has 2 atom stereocenters. The Labute approximate surface area is 354 Å². The first-order valence-electron chi connectivity index (χ1n) is 20.6. The molecule has 6 rings (SSSR count). The Morgan fingerprint density at radius 3 is 2.36 bits per heavy atom. The van der Waals surface area contributed by atoms with Gasteiger partial charge in [0.25, 0.3) is 0 Å². The minimum Gasteiger partial charge on any atom is -0.388 e. The molecule has 0 aliphatic carbocycles. The maximum absolute atomic E-state index is 14.3. The minimum atomic E-state index is -4.60. The van der Waals surface area contributed by atoms with E-state index in [0.29, 0.717) is 68.5 Å². The van der Waals surface area contributed by atoms with Crippen molar-refractivity contribution < 1.29 is 37.5 Å². The highest BCUT2D eigenvalue weighted by Gasteiger charge is 2.42. The number of anilines is 3. The van der Waals surface area contributed by atoms with Gasteiger partial charge in [0.05, 0.1) is 34.6 Å². The van der Waals surface area contributed by atoms with Crippen LogP contribution >= 0.6 is 0 Å². The number of likely N-dealkylation sites (tertiary alicyclic amines) is 1. The van der Waals surface area contributed by atoms with Crippen molar-refractivity contribution in [3.63, 3.8) is 0 Å². The van der Waals surface area contributed by atoms with E-state index in [2.05, 4.69) is 39.1 Å². The van der Waals surface area contributed by atoms with Crippen LogP contribution < -0.4 is 15.5 Å². The first-order chi connectivity index (χ1) is 29.1. The summed E-state index contributed by atoms with van der Waals surface area (Å²) < 4.78 is 41.6. The Hall–Kier alpha value is -5.58. The first-order valence-corrected chi connectivity index (χ1v) is 20.6. The number of hydrogen-bond acceptors (Lipinski definition) is 9. The summed E-state index contributed by atoms with van der Waals surface area (Å²) in [5.41, 5.74) is 0.556. The molecule has 3 aromatic rings. The van der Waals surface area contributed by atoms with E-state index < -0.39 is 29.2 Å². The van der Waals surface area contributed by atoms with Crippen LogP contribution in [0.2, 0.25) is 0 Å². The smallest absolute Gasteiger partial charge is 0.388 e. The highest BCUT2D eigenvalue weighted by molar-refractivity contribution is 6.01. The van der Waals surface area contributed by atoms with Crippen molar-refractivity contribution >= 4 is 53.1 Å². The highest BCUT2D eigenvalue weighted by Crippen LogP contribution is 2.41. The molecule has 0 bridgehead atoms. The molecule has 3 aromatic carbocycles. The number of nitrogens with one attached hydrogen (secondary N) is 2. The summed E-state index contributed by atoms with van der Waals surface area (Å²) in [6, 6.07) is 17.5. The monoisotopic (exact) mass is 844 g/mol. The molecule has 61 heavy (non-hydrogen) atoms. The lowest BCUT2D eigenvalue weighted by Gasteiger charge is -2.44. The van der Waals surface area contributed by atoms with Crippen LogP contribution in [0.25, 0.3) is 0 Å². The lowest BCUT2D eigenvalue weighted by Crippen LogP contribution is -2.54. The quantitative estimate of drug-likeness (QED) is 0.0834. The Bertz CT molecular complexity index is 2070. The zero-order chi connectivity index (χ0) is 43.7. The highest BCUT2D eigenvalue weighted by atomic mass is 19.4. The number of rotatable bonds is 14.